The zero-order valence-electron chi connectivity index (χ0n) is 12.2. The summed E-state index contributed by atoms with van der Waals surface area (Å²) in [5, 5.41) is 8.71. The van der Waals surface area contributed by atoms with E-state index in [-0.39, 0.29) is 4.90 Å². The number of benzene rings is 1. The quantitative estimate of drug-likeness (QED) is 0.895. The molecule has 0 saturated heterocycles. The Kier molecular flexibility index (Phi) is 4.83. The molecule has 2 atom stereocenters. The van der Waals surface area contributed by atoms with Gasteiger partial charge in [-0.3, -0.25) is 0 Å². The maximum Gasteiger partial charge on any atom is 0.238 e. The van der Waals surface area contributed by atoms with Crippen molar-refractivity contribution in [3.63, 3.8) is 0 Å². The fraction of sp³-hybridized carbons (Fsp3) is 0.600. The highest BCUT2D eigenvalue weighted by molar-refractivity contribution is 7.89. The maximum absolute atomic E-state index is 11.2. The Morgan fingerprint density at radius 2 is 1.70 bits per heavy atom. The molecule has 1 aliphatic rings. The third kappa shape index (κ3) is 3.81. The molecule has 0 heterocycles. The molecule has 1 aliphatic carbocycles. The van der Waals surface area contributed by atoms with Crippen LogP contribution in [0.5, 0.6) is 0 Å². The first-order valence-electron chi connectivity index (χ1n) is 7.23. The fourth-order valence-corrected chi connectivity index (χ4v) is 3.63. The highest BCUT2D eigenvalue weighted by atomic mass is 32.2. The summed E-state index contributed by atoms with van der Waals surface area (Å²) in [4.78, 5) is 0.167. The number of rotatable bonds is 4. The summed E-state index contributed by atoms with van der Waals surface area (Å²) in [6.45, 7) is 5.37. The highest BCUT2D eigenvalue weighted by Crippen LogP contribution is 2.29. The van der Waals surface area contributed by atoms with Crippen molar-refractivity contribution in [3.05, 3.63) is 29.8 Å². The van der Waals surface area contributed by atoms with Crippen molar-refractivity contribution in [2.75, 3.05) is 0 Å². The van der Waals surface area contributed by atoms with E-state index in [0.29, 0.717) is 17.9 Å². The van der Waals surface area contributed by atoms with E-state index in [1.807, 2.05) is 12.1 Å². The zero-order chi connectivity index (χ0) is 14.8. The van der Waals surface area contributed by atoms with Gasteiger partial charge in [0.15, 0.2) is 0 Å². The molecule has 0 radical (unpaired) electrons. The molecule has 0 amide bonds. The Bertz CT molecular complexity index is 529. The molecule has 5 heteroatoms. The molecule has 1 fully saturated rings. The lowest BCUT2D eigenvalue weighted by atomic mass is 9.78. The molecule has 112 valence electrons. The first-order valence-corrected chi connectivity index (χ1v) is 8.77. The van der Waals surface area contributed by atoms with Crippen LogP contribution in [0.2, 0.25) is 0 Å². The summed E-state index contributed by atoms with van der Waals surface area (Å²) in [6, 6.07) is 7.33. The van der Waals surface area contributed by atoms with Crippen LogP contribution in [-0.4, -0.2) is 14.5 Å². The molecule has 2 rings (SSSR count). The summed E-state index contributed by atoms with van der Waals surface area (Å²) < 4.78 is 22.4. The molecule has 1 aromatic carbocycles. The van der Waals surface area contributed by atoms with Crippen LogP contribution < -0.4 is 10.5 Å². The number of nitrogens with one attached hydrogen (secondary N) is 1. The number of sulfonamides is 1. The SMILES string of the molecule is CC1CCCC(C)C1NCc1ccc(S(N)(=O)=O)cc1. The smallest absolute Gasteiger partial charge is 0.238 e. The Morgan fingerprint density at radius 1 is 1.15 bits per heavy atom. The lowest BCUT2D eigenvalue weighted by Gasteiger charge is -2.35. The van der Waals surface area contributed by atoms with Crippen molar-refractivity contribution >= 4 is 10.0 Å². The molecule has 20 heavy (non-hydrogen) atoms. The predicted octanol–water partition coefficient (Wildman–Crippen LogP) is 2.25. The molecular weight excluding hydrogens is 272 g/mol. The summed E-state index contributed by atoms with van der Waals surface area (Å²) in [6.07, 6.45) is 3.89. The van der Waals surface area contributed by atoms with Crippen molar-refractivity contribution in [1.82, 2.24) is 5.32 Å². The third-order valence-electron chi connectivity index (χ3n) is 4.34. The van der Waals surface area contributed by atoms with Crippen LogP contribution >= 0.6 is 0 Å². The van der Waals surface area contributed by atoms with E-state index < -0.39 is 10.0 Å². The topological polar surface area (TPSA) is 72.2 Å². The van der Waals surface area contributed by atoms with Gasteiger partial charge in [0.25, 0.3) is 0 Å². The Balaban J connectivity index is 1.97. The maximum atomic E-state index is 11.2. The van der Waals surface area contributed by atoms with Gasteiger partial charge in [0.1, 0.15) is 0 Å². The molecule has 2 unspecified atom stereocenters. The molecule has 4 nitrogen and oxygen atoms in total. The first kappa shape index (κ1) is 15.5. The predicted molar refractivity (Wildman–Crippen MR) is 80.6 cm³/mol. The second-order valence-electron chi connectivity index (χ2n) is 5.98. The summed E-state index contributed by atoms with van der Waals surface area (Å²) >= 11 is 0. The van der Waals surface area contributed by atoms with E-state index in [1.54, 1.807) is 12.1 Å². The minimum Gasteiger partial charge on any atom is -0.309 e. The van der Waals surface area contributed by atoms with Crippen molar-refractivity contribution in [1.29, 1.82) is 0 Å². The molecule has 0 bridgehead atoms. The summed E-state index contributed by atoms with van der Waals surface area (Å²) in [7, 11) is -3.59. The minimum atomic E-state index is -3.59. The average Bonchev–Trinajstić information content (AvgIpc) is 2.37. The van der Waals surface area contributed by atoms with Crippen LogP contribution in [0.3, 0.4) is 0 Å². The summed E-state index contributed by atoms with van der Waals surface area (Å²) in [5.74, 6) is 1.39. The van der Waals surface area contributed by atoms with Gasteiger partial charge in [-0.05, 0) is 42.4 Å². The Labute approximate surface area is 121 Å². The molecule has 1 saturated carbocycles. The van der Waals surface area contributed by atoms with Crippen LogP contribution in [-0.2, 0) is 16.6 Å². The highest BCUT2D eigenvalue weighted by Gasteiger charge is 2.26. The van der Waals surface area contributed by atoms with Gasteiger partial charge in [-0.25, -0.2) is 13.6 Å². The molecule has 1 aromatic rings. The van der Waals surface area contributed by atoms with Gasteiger partial charge >= 0.3 is 0 Å². The van der Waals surface area contributed by atoms with Gasteiger partial charge in [0.2, 0.25) is 10.0 Å². The largest absolute Gasteiger partial charge is 0.309 e. The zero-order valence-corrected chi connectivity index (χ0v) is 13.0. The molecule has 3 N–H and O–H groups in total. The molecule has 0 aromatic heterocycles. The number of hydrogen-bond acceptors (Lipinski definition) is 3. The van der Waals surface area contributed by atoms with E-state index in [1.165, 1.54) is 19.3 Å². The molecule has 0 spiro atoms. The van der Waals surface area contributed by atoms with Gasteiger partial charge in [0, 0.05) is 12.6 Å². The van der Waals surface area contributed by atoms with E-state index in [9.17, 15) is 8.42 Å². The van der Waals surface area contributed by atoms with E-state index in [4.69, 9.17) is 5.14 Å². The van der Waals surface area contributed by atoms with Gasteiger partial charge in [-0.1, -0.05) is 32.4 Å². The van der Waals surface area contributed by atoms with Gasteiger partial charge in [-0.2, -0.15) is 0 Å². The van der Waals surface area contributed by atoms with Crippen molar-refractivity contribution in [2.45, 2.75) is 50.6 Å². The van der Waals surface area contributed by atoms with Crippen LogP contribution in [0.25, 0.3) is 0 Å². The average molecular weight is 296 g/mol. The number of primary sulfonamides is 1. The second-order valence-corrected chi connectivity index (χ2v) is 7.54. The Hall–Kier alpha value is -0.910. The normalized spacial score (nSPS) is 27.4. The standard InChI is InChI=1S/C15H24N2O2S/c1-11-4-3-5-12(2)15(11)17-10-13-6-8-14(9-7-13)20(16,18)19/h6-9,11-12,15,17H,3-5,10H2,1-2H3,(H2,16,18,19). The van der Waals surface area contributed by atoms with Gasteiger partial charge in [-0.15, -0.1) is 0 Å². The number of hydrogen-bond donors (Lipinski definition) is 2. The van der Waals surface area contributed by atoms with Crippen molar-refractivity contribution in [2.24, 2.45) is 17.0 Å². The fourth-order valence-electron chi connectivity index (χ4n) is 3.12. The van der Waals surface area contributed by atoms with E-state index in [2.05, 4.69) is 19.2 Å². The van der Waals surface area contributed by atoms with Gasteiger partial charge < -0.3 is 5.32 Å². The summed E-state index contributed by atoms with van der Waals surface area (Å²) in [5.41, 5.74) is 1.09. The lowest BCUT2D eigenvalue weighted by Crippen LogP contribution is -2.42. The van der Waals surface area contributed by atoms with Crippen LogP contribution in [0, 0.1) is 11.8 Å². The minimum absolute atomic E-state index is 0.167. The van der Waals surface area contributed by atoms with Crippen LogP contribution in [0.1, 0.15) is 38.7 Å². The van der Waals surface area contributed by atoms with Crippen LogP contribution in [0.15, 0.2) is 29.2 Å². The lowest BCUT2D eigenvalue weighted by molar-refractivity contribution is 0.207. The van der Waals surface area contributed by atoms with E-state index >= 15 is 0 Å². The monoisotopic (exact) mass is 296 g/mol. The van der Waals surface area contributed by atoms with Crippen molar-refractivity contribution < 1.29 is 8.42 Å². The Morgan fingerprint density at radius 3 is 2.20 bits per heavy atom. The number of nitrogens with two attached hydrogens (primary N) is 1. The van der Waals surface area contributed by atoms with Crippen molar-refractivity contribution in [3.8, 4) is 0 Å². The van der Waals surface area contributed by atoms with Gasteiger partial charge in [0.05, 0.1) is 4.90 Å². The van der Waals surface area contributed by atoms with Crippen LogP contribution in [0.4, 0.5) is 0 Å². The first-order chi connectivity index (χ1) is 9.38. The second kappa shape index (κ2) is 6.24. The van der Waals surface area contributed by atoms with E-state index in [0.717, 1.165) is 12.1 Å². The molecular formula is C15H24N2O2S. The third-order valence-corrected chi connectivity index (χ3v) is 5.27. The molecule has 0 aliphatic heterocycles.